The highest BCUT2D eigenvalue weighted by Crippen LogP contribution is 2.24. The molecule has 0 aliphatic carbocycles. The van der Waals surface area contributed by atoms with Crippen molar-refractivity contribution < 1.29 is 9.90 Å². The van der Waals surface area contributed by atoms with Crippen LogP contribution in [0.1, 0.15) is 23.6 Å². The molecule has 2 aromatic rings. The first-order valence-electron chi connectivity index (χ1n) is 6.52. The third kappa shape index (κ3) is 3.90. The number of hydrogen-bond donors (Lipinski definition) is 1. The maximum Gasteiger partial charge on any atom is 0.305 e. The van der Waals surface area contributed by atoms with Crippen molar-refractivity contribution in [2.75, 3.05) is 7.05 Å². The van der Waals surface area contributed by atoms with E-state index in [0.29, 0.717) is 6.54 Å². The fraction of sp³-hybridized carbons (Fsp3) is 0.250. The molecule has 1 heterocycles. The van der Waals surface area contributed by atoms with Crippen LogP contribution in [0.3, 0.4) is 0 Å². The van der Waals surface area contributed by atoms with Crippen LogP contribution in [-0.2, 0) is 11.3 Å². The fourth-order valence-corrected chi connectivity index (χ4v) is 2.26. The molecule has 0 saturated carbocycles. The van der Waals surface area contributed by atoms with Gasteiger partial charge in [0.15, 0.2) is 0 Å². The van der Waals surface area contributed by atoms with Crippen LogP contribution in [0.25, 0.3) is 0 Å². The van der Waals surface area contributed by atoms with Crippen LogP contribution in [0, 0.1) is 0 Å². The summed E-state index contributed by atoms with van der Waals surface area (Å²) in [4.78, 5) is 17.2. The topological polar surface area (TPSA) is 53.4 Å². The van der Waals surface area contributed by atoms with Crippen LogP contribution >= 0.6 is 0 Å². The summed E-state index contributed by atoms with van der Waals surface area (Å²) in [5, 5.41) is 9.12. The molecule has 1 aromatic carbocycles. The largest absolute Gasteiger partial charge is 0.481 e. The standard InChI is InChI=1S/C16H18N2O2/c1-18(12-13-6-5-9-17-11-13)15(10-16(19)20)14-7-3-2-4-8-14/h2-9,11,15H,10,12H2,1H3,(H,19,20). The number of nitrogens with zero attached hydrogens (tertiary/aromatic N) is 2. The monoisotopic (exact) mass is 270 g/mol. The number of pyridine rings is 1. The summed E-state index contributed by atoms with van der Waals surface area (Å²) in [5.74, 6) is -0.795. The summed E-state index contributed by atoms with van der Waals surface area (Å²) in [6.07, 6.45) is 3.62. The van der Waals surface area contributed by atoms with Gasteiger partial charge in [-0.05, 0) is 24.2 Å². The average molecular weight is 270 g/mol. The van der Waals surface area contributed by atoms with Crippen molar-refractivity contribution in [3.05, 3.63) is 66.0 Å². The second-order valence-electron chi connectivity index (χ2n) is 4.80. The smallest absolute Gasteiger partial charge is 0.305 e. The zero-order chi connectivity index (χ0) is 14.4. The van der Waals surface area contributed by atoms with Gasteiger partial charge in [0.05, 0.1) is 6.42 Å². The van der Waals surface area contributed by atoms with Crippen LogP contribution in [0.2, 0.25) is 0 Å². The predicted octanol–water partition coefficient (Wildman–Crippen LogP) is 2.73. The van der Waals surface area contributed by atoms with Crippen molar-refractivity contribution in [1.29, 1.82) is 0 Å². The molecule has 2 rings (SSSR count). The summed E-state index contributed by atoms with van der Waals surface area (Å²) >= 11 is 0. The second kappa shape index (κ2) is 6.82. The van der Waals surface area contributed by atoms with Gasteiger partial charge in [0.25, 0.3) is 0 Å². The Morgan fingerprint density at radius 2 is 2.00 bits per heavy atom. The summed E-state index contributed by atoms with van der Waals surface area (Å²) in [7, 11) is 1.94. The van der Waals surface area contributed by atoms with E-state index in [1.165, 1.54) is 0 Å². The Bertz CT molecular complexity index is 543. The van der Waals surface area contributed by atoms with E-state index in [2.05, 4.69) is 4.98 Å². The van der Waals surface area contributed by atoms with Gasteiger partial charge in [-0.2, -0.15) is 0 Å². The lowest BCUT2D eigenvalue weighted by molar-refractivity contribution is -0.138. The number of aromatic nitrogens is 1. The van der Waals surface area contributed by atoms with Crippen molar-refractivity contribution in [2.45, 2.75) is 19.0 Å². The summed E-state index contributed by atoms with van der Waals surface area (Å²) in [6, 6.07) is 13.5. The van der Waals surface area contributed by atoms with E-state index in [1.54, 1.807) is 12.4 Å². The molecule has 0 saturated heterocycles. The number of benzene rings is 1. The summed E-state index contributed by atoms with van der Waals surface area (Å²) < 4.78 is 0. The normalized spacial score (nSPS) is 12.3. The maximum atomic E-state index is 11.1. The summed E-state index contributed by atoms with van der Waals surface area (Å²) in [5.41, 5.74) is 2.09. The molecule has 0 aliphatic heterocycles. The molecule has 0 radical (unpaired) electrons. The van der Waals surface area contributed by atoms with Gasteiger partial charge in [-0.15, -0.1) is 0 Å². The van der Waals surface area contributed by atoms with Crippen LogP contribution < -0.4 is 0 Å². The lowest BCUT2D eigenvalue weighted by atomic mass is 10.0. The van der Waals surface area contributed by atoms with Crippen LogP contribution in [0.15, 0.2) is 54.9 Å². The van der Waals surface area contributed by atoms with Crippen LogP contribution in [0.4, 0.5) is 0 Å². The molecule has 1 atom stereocenters. The van der Waals surface area contributed by atoms with Crippen LogP contribution in [-0.4, -0.2) is 28.0 Å². The minimum absolute atomic E-state index is 0.0841. The van der Waals surface area contributed by atoms with E-state index >= 15 is 0 Å². The molecule has 1 aromatic heterocycles. The van der Waals surface area contributed by atoms with E-state index in [9.17, 15) is 4.79 Å². The first-order chi connectivity index (χ1) is 9.66. The van der Waals surface area contributed by atoms with E-state index < -0.39 is 5.97 Å². The Labute approximate surface area is 118 Å². The Kier molecular flexibility index (Phi) is 4.85. The number of hydrogen-bond acceptors (Lipinski definition) is 3. The molecular weight excluding hydrogens is 252 g/mol. The number of rotatable bonds is 6. The molecule has 0 bridgehead atoms. The van der Waals surface area contributed by atoms with E-state index in [-0.39, 0.29) is 12.5 Å². The third-order valence-electron chi connectivity index (χ3n) is 3.24. The van der Waals surface area contributed by atoms with Gasteiger partial charge in [0.2, 0.25) is 0 Å². The van der Waals surface area contributed by atoms with Crippen LogP contribution in [0.5, 0.6) is 0 Å². The lowest BCUT2D eigenvalue weighted by Crippen LogP contribution is -2.26. The van der Waals surface area contributed by atoms with Crippen molar-refractivity contribution in [3.8, 4) is 0 Å². The molecule has 1 unspecified atom stereocenters. The van der Waals surface area contributed by atoms with Gasteiger partial charge in [0.1, 0.15) is 0 Å². The number of carboxylic acid groups (broad SMARTS) is 1. The third-order valence-corrected chi connectivity index (χ3v) is 3.24. The highest BCUT2D eigenvalue weighted by molar-refractivity contribution is 5.67. The van der Waals surface area contributed by atoms with Gasteiger partial charge in [0, 0.05) is 25.0 Å². The highest BCUT2D eigenvalue weighted by Gasteiger charge is 2.20. The van der Waals surface area contributed by atoms with Gasteiger partial charge in [-0.3, -0.25) is 14.7 Å². The van der Waals surface area contributed by atoms with Crippen molar-refractivity contribution >= 4 is 5.97 Å². The van der Waals surface area contributed by atoms with E-state index in [0.717, 1.165) is 11.1 Å². The molecule has 0 spiro atoms. The van der Waals surface area contributed by atoms with Gasteiger partial charge in [-0.1, -0.05) is 36.4 Å². The van der Waals surface area contributed by atoms with Gasteiger partial charge in [-0.25, -0.2) is 0 Å². The molecule has 1 N–H and O–H groups in total. The molecule has 4 nitrogen and oxygen atoms in total. The Balaban J connectivity index is 2.16. The zero-order valence-electron chi connectivity index (χ0n) is 11.4. The average Bonchev–Trinajstić information content (AvgIpc) is 2.46. The predicted molar refractivity (Wildman–Crippen MR) is 77.1 cm³/mol. The van der Waals surface area contributed by atoms with Crippen molar-refractivity contribution in [3.63, 3.8) is 0 Å². The minimum Gasteiger partial charge on any atom is -0.481 e. The molecule has 0 fully saturated rings. The van der Waals surface area contributed by atoms with Crippen molar-refractivity contribution in [2.24, 2.45) is 0 Å². The Hall–Kier alpha value is -2.20. The minimum atomic E-state index is -0.795. The van der Waals surface area contributed by atoms with Gasteiger partial charge >= 0.3 is 5.97 Å². The Morgan fingerprint density at radius 1 is 1.25 bits per heavy atom. The molecule has 0 aliphatic rings. The molecular formula is C16H18N2O2. The molecule has 0 amide bonds. The van der Waals surface area contributed by atoms with E-state index in [4.69, 9.17) is 5.11 Å². The second-order valence-corrected chi connectivity index (χ2v) is 4.80. The first kappa shape index (κ1) is 14.2. The number of aliphatic carboxylic acids is 1. The first-order valence-corrected chi connectivity index (χ1v) is 6.52. The Morgan fingerprint density at radius 3 is 2.60 bits per heavy atom. The van der Waals surface area contributed by atoms with Gasteiger partial charge < -0.3 is 5.11 Å². The summed E-state index contributed by atoms with van der Waals surface area (Å²) in [6.45, 7) is 0.667. The quantitative estimate of drug-likeness (QED) is 0.877. The number of carbonyl (C=O) groups is 1. The van der Waals surface area contributed by atoms with E-state index in [1.807, 2.05) is 54.4 Å². The number of carboxylic acids is 1. The SMILES string of the molecule is CN(Cc1cccnc1)C(CC(=O)O)c1ccccc1. The fourth-order valence-electron chi connectivity index (χ4n) is 2.26. The van der Waals surface area contributed by atoms with Crippen molar-refractivity contribution in [1.82, 2.24) is 9.88 Å². The molecule has 4 heteroatoms. The zero-order valence-corrected chi connectivity index (χ0v) is 11.4. The maximum absolute atomic E-state index is 11.1. The molecule has 20 heavy (non-hydrogen) atoms. The highest BCUT2D eigenvalue weighted by atomic mass is 16.4. The molecule has 104 valence electrons. The lowest BCUT2D eigenvalue weighted by Gasteiger charge is -2.27.